The molecule has 0 aliphatic carbocycles. The number of aromatic nitrogens is 1. The van der Waals surface area contributed by atoms with Gasteiger partial charge < -0.3 is 4.42 Å². The zero-order valence-electron chi connectivity index (χ0n) is 7.35. The average molecular weight is 209 g/mol. The number of hydrogen-bond acceptors (Lipinski definition) is 3. The molecule has 2 rings (SSSR count). The summed E-state index contributed by atoms with van der Waals surface area (Å²) in [7, 11) is 1.58. The van der Waals surface area contributed by atoms with Crippen LogP contribution in [0.4, 0.5) is 0 Å². The highest BCUT2D eigenvalue weighted by Crippen LogP contribution is 2.15. The van der Waals surface area contributed by atoms with Crippen LogP contribution in [0, 0.1) is 0 Å². The molecule has 0 aliphatic rings. The highest BCUT2D eigenvalue weighted by Gasteiger charge is 2.08. The summed E-state index contributed by atoms with van der Waals surface area (Å²) in [5, 5.41) is -0.333. The van der Waals surface area contributed by atoms with Crippen molar-refractivity contribution < 1.29 is 9.21 Å². The van der Waals surface area contributed by atoms with Gasteiger partial charge in [0.2, 0.25) is 5.12 Å². The zero-order valence-corrected chi connectivity index (χ0v) is 8.25. The van der Waals surface area contributed by atoms with E-state index in [0.717, 1.165) is 0 Å². The molecule has 14 heavy (non-hydrogen) atoms. The Bertz CT molecular complexity index is 567. The molecule has 0 unspecified atom stereocenters. The monoisotopic (exact) mass is 209 g/mol. The SMILES string of the molecule is Cn1c(=O)oc2ccc(C(=O)S)cc21. The number of aryl methyl sites for hydroxylation is 1. The number of hydrogen-bond donors (Lipinski definition) is 1. The molecule has 0 bridgehead atoms. The lowest BCUT2D eigenvalue weighted by atomic mass is 10.2. The Morgan fingerprint density at radius 3 is 2.86 bits per heavy atom. The fourth-order valence-electron chi connectivity index (χ4n) is 1.26. The molecule has 0 radical (unpaired) electrons. The second-order valence-electron chi connectivity index (χ2n) is 2.91. The Hall–Kier alpha value is -1.49. The van der Waals surface area contributed by atoms with Gasteiger partial charge in [0.1, 0.15) is 0 Å². The third-order valence-corrected chi connectivity index (χ3v) is 2.30. The van der Waals surface area contributed by atoms with E-state index in [-0.39, 0.29) is 5.12 Å². The van der Waals surface area contributed by atoms with Gasteiger partial charge in [-0.05, 0) is 18.2 Å². The summed E-state index contributed by atoms with van der Waals surface area (Å²) in [6, 6.07) is 4.73. The first-order valence-electron chi connectivity index (χ1n) is 3.92. The van der Waals surface area contributed by atoms with Crippen molar-refractivity contribution in [3.05, 3.63) is 34.3 Å². The van der Waals surface area contributed by atoms with Crippen molar-refractivity contribution in [2.45, 2.75) is 0 Å². The fraction of sp³-hybridized carbons (Fsp3) is 0.111. The van der Waals surface area contributed by atoms with Gasteiger partial charge >= 0.3 is 5.76 Å². The van der Waals surface area contributed by atoms with Gasteiger partial charge in [-0.1, -0.05) is 0 Å². The molecular formula is C9H7NO3S. The van der Waals surface area contributed by atoms with Gasteiger partial charge in [-0.2, -0.15) is 0 Å². The standard InChI is InChI=1S/C9H7NO3S/c1-10-6-4-5(8(11)14)2-3-7(6)13-9(10)12/h2-4H,1H3,(H,11,14). The number of carbonyl (C=O) groups excluding carboxylic acids is 1. The van der Waals surface area contributed by atoms with Crippen LogP contribution in [0.5, 0.6) is 0 Å². The molecule has 1 aromatic heterocycles. The first-order chi connectivity index (χ1) is 6.59. The quantitative estimate of drug-likeness (QED) is 0.718. The normalized spacial score (nSPS) is 10.7. The Morgan fingerprint density at radius 2 is 2.21 bits per heavy atom. The van der Waals surface area contributed by atoms with Gasteiger partial charge in [0, 0.05) is 12.6 Å². The van der Waals surface area contributed by atoms with Gasteiger partial charge in [-0.3, -0.25) is 9.36 Å². The second kappa shape index (κ2) is 3.02. The molecule has 0 atom stereocenters. The molecule has 5 heteroatoms. The molecule has 2 aromatic rings. The summed E-state index contributed by atoms with van der Waals surface area (Å²) >= 11 is 3.70. The molecule has 0 spiro atoms. The highest BCUT2D eigenvalue weighted by atomic mass is 32.1. The van der Waals surface area contributed by atoms with Crippen LogP contribution in [0.2, 0.25) is 0 Å². The van der Waals surface area contributed by atoms with E-state index in [0.29, 0.717) is 16.7 Å². The van der Waals surface area contributed by atoms with Crippen molar-refractivity contribution in [1.82, 2.24) is 4.57 Å². The largest absolute Gasteiger partial charge is 0.419 e. The summed E-state index contributed by atoms with van der Waals surface area (Å²) < 4.78 is 6.25. The molecule has 1 heterocycles. The molecule has 0 saturated heterocycles. The summed E-state index contributed by atoms with van der Waals surface area (Å²) in [6.45, 7) is 0. The van der Waals surface area contributed by atoms with Gasteiger partial charge in [0.25, 0.3) is 0 Å². The van der Waals surface area contributed by atoms with Gasteiger partial charge in [-0.25, -0.2) is 4.79 Å². The third kappa shape index (κ3) is 1.26. The summed E-state index contributed by atoms with van der Waals surface area (Å²) in [6.07, 6.45) is 0. The Balaban J connectivity index is 2.82. The van der Waals surface area contributed by atoms with E-state index in [9.17, 15) is 9.59 Å². The van der Waals surface area contributed by atoms with Crippen molar-refractivity contribution in [2.24, 2.45) is 7.05 Å². The minimum absolute atomic E-state index is 0.333. The third-order valence-electron chi connectivity index (χ3n) is 2.04. The zero-order chi connectivity index (χ0) is 10.3. The smallest absolute Gasteiger partial charge is 0.408 e. The first kappa shape index (κ1) is 9.08. The van der Waals surface area contributed by atoms with Crippen LogP contribution in [-0.4, -0.2) is 9.68 Å². The van der Waals surface area contributed by atoms with Crippen LogP contribution in [0.1, 0.15) is 10.4 Å². The van der Waals surface area contributed by atoms with Gasteiger partial charge in [0.15, 0.2) is 5.58 Å². The molecule has 0 N–H and O–H groups in total. The number of benzene rings is 1. The molecule has 72 valence electrons. The molecule has 0 saturated carbocycles. The highest BCUT2D eigenvalue weighted by molar-refractivity contribution is 7.97. The molecule has 0 amide bonds. The van der Waals surface area contributed by atoms with E-state index in [1.54, 1.807) is 25.2 Å². The molecule has 0 aliphatic heterocycles. The van der Waals surface area contributed by atoms with E-state index in [1.165, 1.54) is 4.57 Å². The van der Waals surface area contributed by atoms with Crippen LogP contribution in [0.3, 0.4) is 0 Å². The number of rotatable bonds is 1. The van der Waals surface area contributed by atoms with E-state index < -0.39 is 5.76 Å². The Kier molecular flexibility index (Phi) is 1.96. The topological polar surface area (TPSA) is 52.2 Å². The van der Waals surface area contributed by atoms with Crippen LogP contribution in [-0.2, 0) is 7.05 Å². The van der Waals surface area contributed by atoms with Crippen LogP contribution in [0.15, 0.2) is 27.4 Å². The summed E-state index contributed by atoms with van der Waals surface area (Å²) in [4.78, 5) is 22.1. The van der Waals surface area contributed by atoms with Crippen molar-refractivity contribution in [3.8, 4) is 0 Å². The number of fused-ring (bicyclic) bond motifs is 1. The minimum atomic E-state index is -0.441. The number of thiol groups is 1. The minimum Gasteiger partial charge on any atom is -0.408 e. The predicted molar refractivity (Wildman–Crippen MR) is 54.8 cm³/mol. The fourth-order valence-corrected chi connectivity index (χ4v) is 1.40. The lowest BCUT2D eigenvalue weighted by molar-refractivity contribution is 0.109. The second-order valence-corrected chi connectivity index (χ2v) is 3.32. The molecular weight excluding hydrogens is 202 g/mol. The first-order valence-corrected chi connectivity index (χ1v) is 4.37. The lowest BCUT2D eigenvalue weighted by Gasteiger charge is -1.94. The number of oxazole rings is 1. The maximum absolute atomic E-state index is 11.1. The van der Waals surface area contributed by atoms with Crippen LogP contribution < -0.4 is 5.76 Å². The number of nitrogens with zero attached hydrogens (tertiary/aromatic N) is 1. The van der Waals surface area contributed by atoms with Crippen LogP contribution >= 0.6 is 12.6 Å². The molecule has 4 nitrogen and oxygen atoms in total. The lowest BCUT2D eigenvalue weighted by Crippen LogP contribution is -2.08. The van der Waals surface area contributed by atoms with E-state index in [1.807, 2.05) is 0 Å². The molecule has 0 fully saturated rings. The average Bonchev–Trinajstić information content (AvgIpc) is 2.43. The van der Waals surface area contributed by atoms with Crippen molar-refractivity contribution in [1.29, 1.82) is 0 Å². The van der Waals surface area contributed by atoms with E-state index >= 15 is 0 Å². The van der Waals surface area contributed by atoms with Crippen molar-refractivity contribution >= 4 is 28.8 Å². The van der Waals surface area contributed by atoms with Crippen molar-refractivity contribution in [2.75, 3.05) is 0 Å². The number of carbonyl (C=O) groups is 1. The maximum Gasteiger partial charge on any atom is 0.419 e. The van der Waals surface area contributed by atoms with Gasteiger partial charge in [0.05, 0.1) is 5.52 Å². The molecule has 1 aromatic carbocycles. The summed E-state index contributed by atoms with van der Waals surface area (Å²) in [5.74, 6) is -0.441. The van der Waals surface area contributed by atoms with E-state index in [2.05, 4.69) is 12.6 Å². The Morgan fingerprint density at radius 1 is 1.50 bits per heavy atom. The van der Waals surface area contributed by atoms with Crippen molar-refractivity contribution in [3.63, 3.8) is 0 Å². The van der Waals surface area contributed by atoms with Gasteiger partial charge in [-0.15, -0.1) is 12.6 Å². The van der Waals surface area contributed by atoms with Crippen LogP contribution in [0.25, 0.3) is 11.1 Å². The predicted octanol–water partition coefficient (Wildman–Crippen LogP) is 1.20. The maximum atomic E-state index is 11.1. The summed E-state index contributed by atoms with van der Waals surface area (Å²) in [5.41, 5.74) is 1.50. The Labute approximate surface area is 84.5 Å². The van der Waals surface area contributed by atoms with E-state index in [4.69, 9.17) is 4.42 Å².